The Morgan fingerprint density at radius 3 is 2.12 bits per heavy atom. The molecule has 4 bridgehead atoms. The molecule has 0 aromatic rings. The van der Waals surface area contributed by atoms with E-state index in [9.17, 15) is 9.59 Å². The Bertz CT molecular complexity index is 495. The number of halogens is 1. The van der Waals surface area contributed by atoms with Gasteiger partial charge in [0.25, 0.3) is 0 Å². The smallest absolute Gasteiger partial charge is 0.409 e. The first-order valence-electron chi connectivity index (χ1n) is 9.86. The van der Waals surface area contributed by atoms with Gasteiger partial charge in [0.15, 0.2) is 0 Å². The summed E-state index contributed by atoms with van der Waals surface area (Å²) in [6.07, 6.45) is 8.73. The fourth-order valence-corrected chi connectivity index (χ4v) is 6.23. The average molecular weight is 369 g/mol. The largest absolute Gasteiger partial charge is 0.448 e. The van der Waals surface area contributed by atoms with Crippen LogP contribution in [0.1, 0.15) is 51.4 Å². The minimum Gasteiger partial charge on any atom is -0.448 e. The molecule has 0 spiro atoms. The molecular weight excluding hydrogens is 340 g/mol. The van der Waals surface area contributed by atoms with Crippen molar-refractivity contribution in [3.63, 3.8) is 0 Å². The molecule has 0 aromatic heterocycles. The van der Waals surface area contributed by atoms with E-state index >= 15 is 0 Å². The Kier molecular flexibility index (Phi) is 4.87. The van der Waals surface area contributed by atoms with Crippen molar-refractivity contribution in [1.29, 1.82) is 0 Å². The summed E-state index contributed by atoms with van der Waals surface area (Å²) in [5.41, 5.74) is -0.0782. The number of carbonyl (C=O) groups excluding carboxylic acids is 2. The third-order valence-corrected chi connectivity index (χ3v) is 7.07. The monoisotopic (exact) mass is 368 g/mol. The Labute approximate surface area is 154 Å². The van der Waals surface area contributed by atoms with E-state index < -0.39 is 0 Å². The van der Waals surface area contributed by atoms with E-state index in [0.29, 0.717) is 24.9 Å². The number of likely N-dealkylation sites (tertiary alicyclic amines) is 1. The van der Waals surface area contributed by atoms with E-state index in [-0.39, 0.29) is 24.2 Å². The molecule has 5 aliphatic rings. The molecule has 0 atom stereocenters. The summed E-state index contributed by atoms with van der Waals surface area (Å²) >= 11 is 5.55. The first-order chi connectivity index (χ1) is 12.1. The summed E-state index contributed by atoms with van der Waals surface area (Å²) in [4.78, 5) is 26.7. The SMILES string of the molecule is O=C(OCCCl)N1CCC(NC(=O)C23CC4CC(CC(C4)C2)C3)CC1. The first-order valence-corrected chi connectivity index (χ1v) is 10.4. The fraction of sp³-hybridized carbons (Fsp3) is 0.895. The quantitative estimate of drug-likeness (QED) is 0.775. The lowest BCUT2D eigenvalue weighted by Crippen LogP contribution is -2.56. The van der Waals surface area contributed by atoms with Crippen molar-refractivity contribution in [2.24, 2.45) is 23.2 Å². The number of carbonyl (C=O) groups is 2. The van der Waals surface area contributed by atoms with Crippen LogP contribution in [-0.4, -0.2) is 48.5 Å². The normalized spacial score (nSPS) is 37.2. The van der Waals surface area contributed by atoms with Crippen molar-refractivity contribution in [2.45, 2.75) is 57.4 Å². The maximum Gasteiger partial charge on any atom is 0.409 e. The highest BCUT2D eigenvalue weighted by molar-refractivity contribution is 6.18. The van der Waals surface area contributed by atoms with Gasteiger partial charge in [-0.3, -0.25) is 4.79 Å². The van der Waals surface area contributed by atoms with Gasteiger partial charge in [-0.25, -0.2) is 4.79 Å². The molecule has 4 aliphatic carbocycles. The summed E-state index contributed by atoms with van der Waals surface area (Å²) in [5, 5.41) is 3.34. The van der Waals surface area contributed by atoms with Crippen molar-refractivity contribution in [3.05, 3.63) is 0 Å². The fourth-order valence-electron chi connectivity index (χ4n) is 6.15. The molecule has 5 rings (SSSR count). The molecule has 25 heavy (non-hydrogen) atoms. The number of hydrogen-bond acceptors (Lipinski definition) is 3. The van der Waals surface area contributed by atoms with Crippen LogP contribution in [0.4, 0.5) is 4.79 Å². The minimum atomic E-state index is -0.286. The van der Waals surface area contributed by atoms with Gasteiger partial charge >= 0.3 is 6.09 Å². The summed E-state index contributed by atoms with van der Waals surface area (Å²) in [6, 6.07) is 0.192. The zero-order valence-electron chi connectivity index (χ0n) is 14.8. The third kappa shape index (κ3) is 3.49. The maximum atomic E-state index is 13.1. The molecule has 0 radical (unpaired) electrons. The average Bonchev–Trinajstić information content (AvgIpc) is 2.59. The van der Waals surface area contributed by atoms with Crippen molar-refractivity contribution < 1.29 is 14.3 Å². The van der Waals surface area contributed by atoms with E-state index in [4.69, 9.17) is 16.3 Å². The molecule has 0 unspecified atom stereocenters. The van der Waals surface area contributed by atoms with Crippen LogP contribution in [-0.2, 0) is 9.53 Å². The molecule has 4 saturated carbocycles. The number of piperidine rings is 1. The second kappa shape index (κ2) is 6.98. The van der Waals surface area contributed by atoms with Crippen LogP contribution in [0.15, 0.2) is 0 Å². The molecule has 5 nitrogen and oxygen atoms in total. The summed E-state index contributed by atoms with van der Waals surface area (Å²) in [5.74, 6) is 2.99. The lowest BCUT2D eigenvalue weighted by atomic mass is 9.49. The van der Waals surface area contributed by atoms with E-state index in [1.54, 1.807) is 4.90 Å². The molecule has 1 N–H and O–H groups in total. The van der Waals surface area contributed by atoms with Gasteiger partial charge in [-0.15, -0.1) is 11.6 Å². The van der Waals surface area contributed by atoms with Crippen LogP contribution < -0.4 is 5.32 Å². The maximum absolute atomic E-state index is 13.1. The van der Waals surface area contributed by atoms with Crippen LogP contribution in [0.25, 0.3) is 0 Å². The van der Waals surface area contributed by atoms with E-state index in [1.807, 2.05) is 0 Å². The highest BCUT2D eigenvalue weighted by atomic mass is 35.5. The molecule has 1 saturated heterocycles. The number of ether oxygens (including phenoxy) is 1. The standard InChI is InChI=1S/C19H29ClN2O3/c20-3-6-25-18(24)22-4-1-16(2-5-22)21-17(23)19-10-13-7-14(11-19)9-15(8-13)12-19/h13-16H,1-12H2,(H,21,23). The van der Waals surface area contributed by atoms with Crippen LogP contribution in [0.5, 0.6) is 0 Å². The second-order valence-corrected chi connectivity index (χ2v) is 9.11. The molecule has 6 heteroatoms. The third-order valence-electron chi connectivity index (χ3n) is 6.91. The van der Waals surface area contributed by atoms with Crippen LogP contribution in [0.3, 0.4) is 0 Å². The van der Waals surface area contributed by atoms with Gasteiger partial charge in [-0.2, -0.15) is 0 Å². The molecule has 0 aromatic carbocycles. The molecule has 1 aliphatic heterocycles. The molecule has 5 fully saturated rings. The summed E-state index contributed by atoms with van der Waals surface area (Å²) in [7, 11) is 0. The number of nitrogens with zero attached hydrogens (tertiary/aromatic N) is 1. The van der Waals surface area contributed by atoms with Gasteiger partial charge in [0.1, 0.15) is 6.61 Å². The topological polar surface area (TPSA) is 58.6 Å². The number of alkyl halides is 1. The lowest BCUT2D eigenvalue weighted by Gasteiger charge is -2.56. The Morgan fingerprint density at radius 2 is 1.60 bits per heavy atom. The lowest BCUT2D eigenvalue weighted by molar-refractivity contribution is -0.147. The Hall–Kier alpha value is -0.970. The predicted molar refractivity (Wildman–Crippen MR) is 95.4 cm³/mol. The van der Waals surface area contributed by atoms with Crippen LogP contribution in [0.2, 0.25) is 0 Å². The summed E-state index contributed by atoms with van der Waals surface area (Å²) in [6.45, 7) is 1.54. The summed E-state index contributed by atoms with van der Waals surface area (Å²) < 4.78 is 5.08. The molecule has 1 heterocycles. The van der Waals surface area contributed by atoms with E-state index in [0.717, 1.165) is 49.9 Å². The number of hydrogen-bond donors (Lipinski definition) is 1. The highest BCUT2D eigenvalue weighted by Crippen LogP contribution is 2.60. The van der Waals surface area contributed by atoms with Gasteiger partial charge in [0, 0.05) is 24.5 Å². The van der Waals surface area contributed by atoms with Gasteiger partial charge in [0.05, 0.1) is 5.88 Å². The van der Waals surface area contributed by atoms with Crippen molar-refractivity contribution in [3.8, 4) is 0 Å². The number of rotatable bonds is 4. The molecular formula is C19H29ClN2O3. The van der Waals surface area contributed by atoms with Gasteiger partial charge in [0.2, 0.25) is 5.91 Å². The zero-order valence-corrected chi connectivity index (χ0v) is 15.6. The predicted octanol–water partition coefficient (Wildman–Crippen LogP) is 3.16. The van der Waals surface area contributed by atoms with Gasteiger partial charge < -0.3 is 15.0 Å². The van der Waals surface area contributed by atoms with Crippen molar-refractivity contribution in [2.75, 3.05) is 25.6 Å². The van der Waals surface area contributed by atoms with Crippen molar-refractivity contribution >= 4 is 23.6 Å². The van der Waals surface area contributed by atoms with Gasteiger partial charge in [-0.05, 0) is 69.1 Å². The van der Waals surface area contributed by atoms with Gasteiger partial charge in [-0.1, -0.05) is 0 Å². The first kappa shape index (κ1) is 17.4. The zero-order chi connectivity index (χ0) is 17.4. The highest BCUT2D eigenvalue weighted by Gasteiger charge is 2.54. The van der Waals surface area contributed by atoms with Crippen LogP contribution in [0, 0.1) is 23.2 Å². The van der Waals surface area contributed by atoms with E-state index in [1.165, 1.54) is 19.3 Å². The number of amides is 2. The van der Waals surface area contributed by atoms with Crippen molar-refractivity contribution in [1.82, 2.24) is 10.2 Å². The minimum absolute atomic E-state index is 0.0782. The second-order valence-electron chi connectivity index (χ2n) is 8.74. The Balaban J connectivity index is 1.29. The van der Waals surface area contributed by atoms with Crippen LogP contribution >= 0.6 is 11.6 Å². The number of nitrogens with one attached hydrogen (secondary N) is 1. The molecule has 2 amide bonds. The molecule has 140 valence electrons. The van der Waals surface area contributed by atoms with E-state index in [2.05, 4.69) is 5.32 Å². The Morgan fingerprint density at radius 1 is 1.04 bits per heavy atom.